The Kier molecular flexibility index (Phi) is 4.60. The zero-order valence-electron chi connectivity index (χ0n) is 7.16. The maximum absolute atomic E-state index is 8.79. The molecule has 62 valence electrons. The van der Waals surface area contributed by atoms with E-state index in [1.807, 2.05) is 25.9 Å². The van der Waals surface area contributed by atoms with Crippen molar-refractivity contribution in [2.24, 2.45) is 0 Å². The predicted octanol–water partition coefficient (Wildman–Crippen LogP) is 0.291. The first kappa shape index (κ1) is 9.88. The van der Waals surface area contributed by atoms with Gasteiger partial charge in [0.15, 0.2) is 6.29 Å². The van der Waals surface area contributed by atoms with Crippen molar-refractivity contribution in [2.75, 3.05) is 20.6 Å². The van der Waals surface area contributed by atoms with Crippen molar-refractivity contribution in [2.45, 2.75) is 26.2 Å². The van der Waals surface area contributed by atoms with Crippen LogP contribution in [0.2, 0.25) is 0 Å². The zero-order valence-corrected chi connectivity index (χ0v) is 7.16. The lowest BCUT2D eigenvalue weighted by Crippen LogP contribution is -2.28. The average Bonchev–Trinajstić information content (AvgIpc) is 1.58. The van der Waals surface area contributed by atoms with Gasteiger partial charge in [0.2, 0.25) is 0 Å². The summed E-state index contributed by atoms with van der Waals surface area (Å²) < 4.78 is 5.07. The van der Waals surface area contributed by atoms with E-state index in [0.29, 0.717) is 0 Å². The van der Waals surface area contributed by atoms with Gasteiger partial charge in [-0.1, -0.05) is 0 Å². The molecule has 0 heterocycles. The van der Waals surface area contributed by atoms with Gasteiger partial charge in [-0.05, 0) is 27.9 Å². The van der Waals surface area contributed by atoms with Crippen molar-refractivity contribution in [3.8, 4) is 0 Å². The summed E-state index contributed by atoms with van der Waals surface area (Å²) in [6, 6.07) is 0. The number of ether oxygens (including phenoxy) is 1. The smallest absolute Gasteiger partial charge is 0.152 e. The largest absolute Gasteiger partial charge is 0.368 e. The third-order valence-corrected chi connectivity index (χ3v) is 1.05. The van der Waals surface area contributed by atoms with Gasteiger partial charge in [-0.2, -0.15) is 0 Å². The number of nitrogens with zero attached hydrogens (tertiary/aromatic N) is 1. The molecule has 0 radical (unpaired) electrons. The summed E-state index contributed by atoms with van der Waals surface area (Å²) in [7, 11) is 3.95. The summed E-state index contributed by atoms with van der Waals surface area (Å²) in [6.45, 7) is 4.39. The minimum atomic E-state index is -0.657. The monoisotopic (exact) mass is 147 g/mol. The Morgan fingerprint density at radius 1 is 1.40 bits per heavy atom. The van der Waals surface area contributed by atoms with E-state index < -0.39 is 6.29 Å². The van der Waals surface area contributed by atoms with Crippen LogP contribution >= 0.6 is 0 Å². The highest BCUT2D eigenvalue weighted by Gasteiger charge is 2.05. The molecule has 0 rings (SSSR count). The molecule has 0 bridgehead atoms. The number of aliphatic hydroxyl groups is 1. The van der Waals surface area contributed by atoms with Gasteiger partial charge in [0.1, 0.15) is 0 Å². The van der Waals surface area contributed by atoms with Gasteiger partial charge in [-0.3, -0.25) is 0 Å². The lowest BCUT2D eigenvalue weighted by molar-refractivity contribution is -0.121. The van der Waals surface area contributed by atoms with Gasteiger partial charge in [0, 0.05) is 6.54 Å². The molecule has 2 atom stereocenters. The molecule has 1 N–H and O–H groups in total. The molecule has 3 heteroatoms. The number of hydrogen-bond donors (Lipinski definition) is 1. The van der Waals surface area contributed by atoms with Crippen LogP contribution in [0, 0.1) is 0 Å². The van der Waals surface area contributed by atoms with Gasteiger partial charge in [-0.15, -0.1) is 0 Å². The van der Waals surface area contributed by atoms with Crippen molar-refractivity contribution < 1.29 is 9.84 Å². The molecule has 0 aliphatic carbocycles. The van der Waals surface area contributed by atoms with E-state index in [1.54, 1.807) is 6.92 Å². The van der Waals surface area contributed by atoms with E-state index in [1.165, 1.54) is 0 Å². The van der Waals surface area contributed by atoms with E-state index in [0.717, 1.165) is 6.54 Å². The molecule has 0 fully saturated rings. The highest BCUT2D eigenvalue weighted by Crippen LogP contribution is 1.95. The normalized spacial score (nSPS) is 17.4. The maximum atomic E-state index is 8.79. The van der Waals surface area contributed by atoms with Gasteiger partial charge >= 0.3 is 0 Å². The molecule has 0 saturated carbocycles. The minimum Gasteiger partial charge on any atom is -0.368 e. The molecule has 0 aromatic carbocycles. The van der Waals surface area contributed by atoms with Crippen molar-refractivity contribution >= 4 is 0 Å². The number of likely N-dealkylation sites (N-methyl/N-ethyl adjacent to an activating group) is 1. The van der Waals surface area contributed by atoms with Crippen LogP contribution < -0.4 is 0 Å². The fraction of sp³-hybridized carbons (Fsp3) is 1.00. The summed E-state index contributed by atoms with van der Waals surface area (Å²) in [5.74, 6) is 0. The third-order valence-electron chi connectivity index (χ3n) is 1.05. The van der Waals surface area contributed by atoms with Gasteiger partial charge in [0.05, 0.1) is 6.10 Å². The van der Waals surface area contributed by atoms with E-state index in [4.69, 9.17) is 9.84 Å². The predicted molar refractivity (Wildman–Crippen MR) is 40.8 cm³/mol. The summed E-state index contributed by atoms with van der Waals surface area (Å²) >= 11 is 0. The molecule has 0 spiro atoms. The standard InChI is InChI=1S/C7H17NO2/c1-6(5-8(3)4)10-7(2)9/h6-7,9H,5H2,1-4H3. The Morgan fingerprint density at radius 3 is 2.20 bits per heavy atom. The molecule has 0 aliphatic heterocycles. The summed E-state index contributed by atoms with van der Waals surface area (Å²) in [5.41, 5.74) is 0. The fourth-order valence-corrected chi connectivity index (χ4v) is 0.893. The number of hydrogen-bond acceptors (Lipinski definition) is 3. The van der Waals surface area contributed by atoms with Crippen LogP contribution in [0.1, 0.15) is 13.8 Å². The summed E-state index contributed by atoms with van der Waals surface area (Å²) in [5, 5.41) is 8.79. The van der Waals surface area contributed by atoms with Crippen LogP contribution in [-0.4, -0.2) is 43.0 Å². The van der Waals surface area contributed by atoms with Crippen LogP contribution in [0.15, 0.2) is 0 Å². The zero-order chi connectivity index (χ0) is 8.15. The molecule has 0 amide bonds. The average molecular weight is 147 g/mol. The topological polar surface area (TPSA) is 32.7 Å². The molecule has 0 aromatic heterocycles. The van der Waals surface area contributed by atoms with E-state index in [9.17, 15) is 0 Å². The quantitative estimate of drug-likeness (QED) is 0.580. The van der Waals surface area contributed by atoms with Crippen molar-refractivity contribution in [3.05, 3.63) is 0 Å². The van der Waals surface area contributed by atoms with Crippen LogP contribution in [0.4, 0.5) is 0 Å². The summed E-state index contributed by atoms with van der Waals surface area (Å²) in [6.07, 6.45) is -0.565. The first-order valence-corrected chi connectivity index (χ1v) is 3.50. The fourth-order valence-electron chi connectivity index (χ4n) is 0.893. The van der Waals surface area contributed by atoms with Crippen LogP contribution in [0.3, 0.4) is 0 Å². The lowest BCUT2D eigenvalue weighted by Gasteiger charge is -2.18. The Morgan fingerprint density at radius 2 is 1.90 bits per heavy atom. The first-order valence-electron chi connectivity index (χ1n) is 3.50. The Balaban J connectivity index is 3.34. The molecule has 0 saturated heterocycles. The number of aliphatic hydroxyl groups excluding tert-OH is 1. The second-order valence-corrected chi connectivity index (χ2v) is 2.81. The molecule has 3 nitrogen and oxygen atoms in total. The first-order chi connectivity index (χ1) is 4.52. The Labute approximate surface area is 62.6 Å². The van der Waals surface area contributed by atoms with Crippen molar-refractivity contribution in [1.82, 2.24) is 4.90 Å². The van der Waals surface area contributed by atoms with Crippen molar-refractivity contribution in [3.63, 3.8) is 0 Å². The van der Waals surface area contributed by atoms with E-state index in [2.05, 4.69) is 0 Å². The van der Waals surface area contributed by atoms with Gasteiger partial charge in [-0.25, -0.2) is 0 Å². The van der Waals surface area contributed by atoms with Gasteiger partial charge in [0.25, 0.3) is 0 Å². The highest BCUT2D eigenvalue weighted by molar-refractivity contribution is 4.53. The molecular weight excluding hydrogens is 130 g/mol. The Hall–Kier alpha value is -0.120. The minimum absolute atomic E-state index is 0.0926. The van der Waals surface area contributed by atoms with Crippen LogP contribution in [0.5, 0.6) is 0 Å². The van der Waals surface area contributed by atoms with Gasteiger partial charge < -0.3 is 14.7 Å². The second kappa shape index (κ2) is 4.66. The van der Waals surface area contributed by atoms with Crippen LogP contribution in [0.25, 0.3) is 0 Å². The molecule has 0 aromatic rings. The van der Waals surface area contributed by atoms with E-state index in [-0.39, 0.29) is 6.10 Å². The molecule has 2 unspecified atom stereocenters. The Bertz CT molecular complexity index is 73.7. The number of rotatable bonds is 4. The summed E-state index contributed by atoms with van der Waals surface area (Å²) in [4.78, 5) is 2.02. The molecular formula is C7H17NO2. The van der Waals surface area contributed by atoms with Crippen molar-refractivity contribution in [1.29, 1.82) is 0 Å². The SMILES string of the molecule is CC(O)OC(C)CN(C)C. The lowest BCUT2D eigenvalue weighted by atomic mass is 10.4. The molecule has 0 aliphatic rings. The maximum Gasteiger partial charge on any atom is 0.152 e. The van der Waals surface area contributed by atoms with Crippen LogP contribution in [-0.2, 0) is 4.74 Å². The van der Waals surface area contributed by atoms with E-state index >= 15 is 0 Å². The second-order valence-electron chi connectivity index (χ2n) is 2.81. The molecule has 10 heavy (non-hydrogen) atoms. The third kappa shape index (κ3) is 6.01. The highest BCUT2D eigenvalue weighted by atomic mass is 16.6.